The fraction of sp³-hybridized carbons (Fsp3) is 0.130. The van der Waals surface area contributed by atoms with Gasteiger partial charge in [-0.1, -0.05) is 0 Å². The molecule has 3 N–H and O–H groups in total. The molecule has 3 aromatic carbocycles. The first-order valence-corrected chi connectivity index (χ1v) is 18.6. The van der Waals surface area contributed by atoms with Crippen LogP contribution in [-0.2, 0) is 18.8 Å². The van der Waals surface area contributed by atoms with Crippen molar-refractivity contribution in [3.63, 3.8) is 0 Å². The van der Waals surface area contributed by atoms with E-state index in [4.69, 9.17) is 15.2 Å². The molecule has 0 bridgehead atoms. The Kier molecular flexibility index (Phi) is 8.60. The van der Waals surface area contributed by atoms with Gasteiger partial charge in [0.1, 0.15) is 22.8 Å². The summed E-state index contributed by atoms with van der Waals surface area (Å²) in [5.74, 6) is -1.58. The Balaban J connectivity index is 1.39. The van der Waals surface area contributed by atoms with Crippen LogP contribution in [0.1, 0.15) is 23.2 Å². The smallest absolute Gasteiger partial charge is 0.347 e. The molecule has 0 aromatic heterocycles. The summed E-state index contributed by atoms with van der Waals surface area (Å²) in [6.07, 6.45) is -0.173. The summed E-state index contributed by atoms with van der Waals surface area (Å²) >= 11 is 1.81. The predicted molar refractivity (Wildman–Crippen MR) is 148 cm³/mol. The number of aromatic hydroxyl groups is 1. The van der Waals surface area contributed by atoms with E-state index in [1.807, 2.05) is 0 Å². The molecule has 39 heavy (non-hydrogen) atoms. The molecule has 1 saturated heterocycles. The van der Waals surface area contributed by atoms with Gasteiger partial charge < -0.3 is 25.2 Å². The highest BCUT2D eigenvalue weighted by Crippen LogP contribution is 3.03. The highest BCUT2D eigenvalue weighted by Gasteiger charge is 2.53. The second kappa shape index (κ2) is 11.7. The first-order valence-electron chi connectivity index (χ1n) is 11.1. The Hall–Kier alpha value is -3.44. The van der Waals surface area contributed by atoms with Crippen molar-refractivity contribution in [1.29, 1.82) is 0 Å². The molecule has 0 amide bonds. The minimum absolute atomic E-state index is 0.0269. The van der Waals surface area contributed by atoms with Gasteiger partial charge >= 0.3 is 11.9 Å². The van der Waals surface area contributed by atoms with Gasteiger partial charge in [0, 0.05) is 28.8 Å². The molecule has 1 aliphatic heterocycles. The number of esters is 2. The molecule has 12 nitrogen and oxygen atoms in total. The number of nitrogens with zero attached hydrogens (tertiary/aromatic N) is 1. The van der Waals surface area contributed by atoms with E-state index in [2.05, 4.69) is 4.84 Å². The molecule has 0 aliphatic carbocycles. The molecule has 0 atom stereocenters. The number of benzene rings is 3. The van der Waals surface area contributed by atoms with Crippen LogP contribution in [0.5, 0.6) is 17.2 Å². The summed E-state index contributed by atoms with van der Waals surface area (Å²) in [6.45, 7) is -0.289. The zero-order chi connectivity index (χ0) is 28.2. The number of carbonyl (C=O) groups excluding carboxylic acids is 2. The molecule has 204 valence electrons. The van der Waals surface area contributed by atoms with E-state index in [1.54, 1.807) is 0 Å². The van der Waals surface area contributed by atoms with Crippen LogP contribution >= 0.6 is 33.1 Å². The number of ether oxygens (including phenoxy) is 2. The average molecular weight is 610 g/mol. The topological polar surface area (TPSA) is 185 Å². The monoisotopic (exact) mass is 610 g/mol. The molecule has 1 heterocycles. The molecular weight excluding hydrogens is 590 g/mol. The Bertz CT molecular complexity index is 1500. The van der Waals surface area contributed by atoms with Gasteiger partial charge in [-0.05, 0) is 89.1 Å². The molecular formula is C23H20N2O10P2S2. The number of rotatable bonds is 10. The number of hydrogen-bond donors (Lipinski definition) is 2. The van der Waals surface area contributed by atoms with Gasteiger partial charge in [-0.25, -0.2) is 4.79 Å². The fourth-order valence-corrected chi connectivity index (χ4v) is 26.5. The third-order valence-corrected chi connectivity index (χ3v) is 27.9. The van der Waals surface area contributed by atoms with E-state index in [-0.39, 0.29) is 47.9 Å². The maximum atomic E-state index is 13.3. The summed E-state index contributed by atoms with van der Waals surface area (Å²) in [4.78, 5) is 39.3. The maximum absolute atomic E-state index is 13.3. The van der Waals surface area contributed by atoms with E-state index in [0.29, 0.717) is 10.6 Å². The Morgan fingerprint density at radius 1 is 0.923 bits per heavy atom. The lowest BCUT2D eigenvalue weighted by atomic mass is 10.2. The van der Waals surface area contributed by atoms with Gasteiger partial charge in [0.05, 0.1) is 6.61 Å². The lowest BCUT2D eigenvalue weighted by molar-refractivity contribution is -0.757. The number of carbonyl (C=O) groups is 2. The Morgan fingerprint density at radius 2 is 1.51 bits per heavy atom. The van der Waals surface area contributed by atoms with Crippen LogP contribution in [0.3, 0.4) is 0 Å². The number of anilines is 1. The van der Waals surface area contributed by atoms with Gasteiger partial charge in [0.25, 0.3) is 5.09 Å². The predicted octanol–water partition coefficient (Wildman–Crippen LogP) is 4.90. The van der Waals surface area contributed by atoms with Crippen molar-refractivity contribution >= 4 is 61.3 Å². The first kappa shape index (κ1) is 28.6. The SMILES string of the molecule is Nc1ccc(C(=O)Oc2ccc(P3(=O)SP(=O)(c4ccc(O)cc4)S3)cc2)c(OC(=O)CCCO[N+](=O)[O-])c1. The quantitative estimate of drug-likeness (QED) is 0.0601. The van der Waals surface area contributed by atoms with Crippen LogP contribution < -0.4 is 25.8 Å². The molecule has 0 spiro atoms. The van der Waals surface area contributed by atoms with Gasteiger partial charge in [-0.3, -0.25) is 13.9 Å². The summed E-state index contributed by atoms with van der Waals surface area (Å²) in [6, 6.07) is 15.8. The fourth-order valence-electron chi connectivity index (χ4n) is 3.29. The van der Waals surface area contributed by atoms with Crippen LogP contribution in [0.4, 0.5) is 5.69 Å². The van der Waals surface area contributed by atoms with Crippen LogP contribution in [-0.4, -0.2) is 28.7 Å². The molecule has 1 fully saturated rings. The summed E-state index contributed by atoms with van der Waals surface area (Å²) in [5.41, 5.74) is -0.145. The van der Waals surface area contributed by atoms with E-state index in [0.717, 1.165) is 22.0 Å². The molecule has 16 heteroatoms. The lowest BCUT2D eigenvalue weighted by Gasteiger charge is -2.33. The van der Waals surface area contributed by atoms with Crippen molar-refractivity contribution in [2.45, 2.75) is 12.8 Å². The van der Waals surface area contributed by atoms with Crippen molar-refractivity contribution in [3.05, 3.63) is 82.4 Å². The van der Waals surface area contributed by atoms with Crippen LogP contribution in [0, 0.1) is 10.1 Å². The van der Waals surface area contributed by atoms with Crippen molar-refractivity contribution in [2.24, 2.45) is 0 Å². The standard InChI is InChI=1S/C23H20N2O10P2S2/c24-15-3-12-20(21(14-15)35-22(27)2-1-13-33-25(29)30)23(28)34-17-6-10-19(11-7-17)37(32)38-36(31,39-37)18-8-4-16(26)5-9-18/h3-12,14,26H,1-2,13,24H2. The number of phenolic OH excluding ortho intramolecular Hbond substituents is 1. The minimum atomic E-state index is -3.05. The van der Waals surface area contributed by atoms with Crippen molar-refractivity contribution < 1.29 is 43.2 Å². The second-order valence-corrected chi connectivity index (χ2v) is 22.8. The maximum Gasteiger partial charge on any atom is 0.347 e. The second-order valence-electron chi connectivity index (χ2n) is 7.95. The van der Waals surface area contributed by atoms with E-state index in [1.165, 1.54) is 66.7 Å². The Morgan fingerprint density at radius 3 is 2.10 bits per heavy atom. The minimum Gasteiger partial charge on any atom is -0.508 e. The van der Waals surface area contributed by atoms with Crippen LogP contribution in [0.15, 0.2) is 66.7 Å². The molecule has 0 saturated carbocycles. The highest BCUT2D eigenvalue weighted by atomic mass is 33.6. The van der Waals surface area contributed by atoms with E-state index >= 15 is 0 Å². The lowest BCUT2D eigenvalue weighted by Crippen LogP contribution is -2.15. The van der Waals surface area contributed by atoms with Gasteiger partial charge in [-0.15, -0.1) is 10.1 Å². The normalized spacial score (nSPS) is 19.9. The largest absolute Gasteiger partial charge is 0.508 e. The zero-order valence-electron chi connectivity index (χ0n) is 19.8. The molecule has 3 aromatic rings. The van der Waals surface area contributed by atoms with E-state index in [9.17, 15) is 33.9 Å². The Labute approximate surface area is 229 Å². The zero-order valence-corrected chi connectivity index (χ0v) is 23.3. The van der Waals surface area contributed by atoms with E-state index < -0.39 is 28.1 Å². The summed E-state index contributed by atoms with van der Waals surface area (Å²) < 4.78 is 37.0. The summed E-state index contributed by atoms with van der Waals surface area (Å²) in [7, 11) is 0. The molecule has 0 radical (unpaired) electrons. The molecule has 4 rings (SSSR count). The summed E-state index contributed by atoms with van der Waals surface area (Å²) in [5, 5.41) is 19.6. The molecule has 1 aliphatic rings. The van der Waals surface area contributed by atoms with Crippen molar-refractivity contribution in [3.8, 4) is 17.2 Å². The number of nitrogens with two attached hydrogens (primary N) is 1. The van der Waals surface area contributed by atoms with Crippen LogP contribution in [0.2, 0.25) is 0 Å². The van der Waals surface area contributed by atoms with Crippen LogP contribution in [0.25, 0.3) is 0 Å². The molecule has 0 unspecified atom stereocenters. The average Bonchev–Trinajstić information content (AvgIpc) is 2.86. The van der Waals surface area contributed by atoms with Gasteiger partial charge in [0.15, 0.2) is 0 Å². The van der Waals surface area contributed by atoms with Gasteiger partial charge in [0.2, 0.25) is 11.1 Å². The van der Waals surface area contributed by atoms with Gasteiger partial charge in [-0.2, -0.15) is 0 Å². The number of hydrogen-bond acceptors (Lipinski definition) is 13. The highest BCUT2D eigenvalue weighted by molar-refractivity contribution is 9.39. The third kappa shape index (κ3) is 6.96. The van der Waals surface area contributed by atoms with Crippen molar-refractivity contribution in [2.75, 3.05) is 12.3 Å². The first-order chi connectivity index (χ1) is 18.5. The van der Waals surface area contributed by atoms with Crippen molar-refractivity contribution in [1.82, 2.24) is 0 Å². The number of phenols is 1. The third-order valence-electron chi connectivity index (χ3n) is 5.13. The number of nitrogen functional groups attached to an aromatic ring is 1.